The molecule has 0 bridgehead atoms. The first-order chi connectivity index (χ1) is 16.5. The first kappa shape index (κ1) is 28.1. The Kier molecular flexibility index (Phi) is 9.45. The van der Waals surface area contributed by atoms with Gasteiger partial charge in [0.25, 0.3) is 0 Å². The standard InChI is InChI=1S/C30H48O5/c1-6-16-35-28(34)29(3,4)27(33)14-9-20(2)25-12-13-26-22(8-7-15-30(25,26)5)11-10-21-17-23(31)19-24(32)18-21/h9-11,14,20,23-27,31-33H,6-8,12-13,15-19H2,1-5H3/t20-,23-,24-,25-,26+,27-,30-/m1/s1. The summed E-state index contributed by atoms with van der Waals surface area (Å²) in [4.78, 5) is 12.4. The van der Waals surface area contributed by atoms with E-state index in [4.69, 9.17) is 4.74 Å². The number of fused-ring (bicyclic) bond motifs is 1. The summed E-state index contributed by atoms with van der Waals surface area (Å²) in [6, 6.07) is 0. The molecule has 0 unspecified atom stereocenters. The highest BCUT2D eigenvalue weighted by Gasteiger charge is 2.50. The minimum absolute atomic E-state index is 0.221. The third-order valence-electron chi connectivity index (χ3n) is 9.05. The van der Waals surface area contributed by atoms with E-state index in [9.17, 15) is 20.1 Å². The summed E-state index contributed by atoms with van der Waals surface area (Å²) in [6.45, 7) is 10.5. The molecule has 3 aliphatic carbocycles. The fourth-order valence-electron chi connectivity index (χ4n) is 6.83. The molecule has 0 radical (unpaired) electrons. The molecular weight excluding hydrogens is 440 g/mol. The SMILES string of the molecule is CCCOC(=O)C(C)(C)[C@H](O)C=C[C@@H](C)[C@H]1CC[C@H]2C(=CC=C3C[C@@H](O)C[C@H](O)C3)CCC[C@]12C. The second kappa shape index (κ2) is 11.7. The molecule has 3 saturated carbocycles. The number of carbonyl (C=O) groups is 1. The van der Waals surface area contributed by atoms with Crippen molar-refractivity contribution >= 4 is 5.97 Å². The van der Waals surface area contributed by atoms with E-state index in [0.717, 1.165) is 24.8 Å². The van der Waals surface area contributed by atoms with Crippen molar-refractivity contribution in [3.05, 3.63) is 35.5 Å². The van der Waals surface area contributed by atoms with Gasteiger partial charge in [-0.15, -0.1) is 0 Å². The Labute approximate surface area is 212 Å². The fraction of sp³-hybridized carbons (Fsp3) is 0.767. The van der Waals surface area contributed by atoms with Crippen LogP contribution in [-0.4, -0.2) is 46.2 Å². The zero-order chi connectivity index (χ0) is 25.8. The van der Waals surface area contributed by atoms with Crippen LogP contribution in [0.25, 0.3) is 0 Å². The topological polar surface area (TPSA) is 87.0 Å². The lowest BCUT2D eigenvalue weighted by Gasteiger charge is -2.44. The van der Waals surface area contributed by atoms with E-state index >= 15 is 0 Å². The van der Waals surface area contributed by atoms with Crippen LogP contribution in [-0.2, 0) is 9.53 Å². The van der Waals surface area contributed by atoms with Crippen LogP contribution in [0, 0.1) is 28.6 Å². The Bertz CT molecular complexity index is 813. The number of hydrogen-bond donors (Lipinski definition) is 3. The van der Waals surface area contributed by atoms with Gasteiger partial charge in [0.1, 0.15) is 0 Å². The number of aliphatic hydroxyl groups excluding tert-OH is 3. The molecule has 198 valence electrons. The van der Waals surface area contributed by atoms with Gasteiger partial charge in [0.15, 0.2) is 0 Å². The van der Waals surface area contributed by atoms with Gasteiger partial charge in [-0.3, -0.25) is 4.79 Å². The number of rotatable bonds is 8. The fourth-order valence-corrected chi connectivity index (χ4v) is 6.83. The van der Waals surface area contributed by atoms with Gasteiger partial charge >= 0.3 is 5.97 Å². The molecule has 0 heterocycles. The highest BCUT2D eigenvalue weighted by Crippen LogP contribution is 2.59. The Morgan fingerprint density at radius 1 is 1.17 bits per heavy atom. The Morgan fingerprint density at radius 3 is 2.51 bits per heavy atom. The van der Waals surface area contributed by atoms with Crippen LogP contribution in [0.4, 0.5) is 0 Å². The number of aliphatic hydroxyl groups is 3. The molecule has 3 rings (SSSR count). The molecule has 5 nitrogen and oxygen atoms in total. The highest BCUT2D eigenvalue weighted by atomic mass is 16.5. The maximum absolute atomic E-state index is 12.4. The molecule has 0 aromatic rings. The summed E-state index contributed by atoms with van der Waals surface area (Å²) in [5.41, 5.74) is 1.91. The normalized spacial score (nSPS) is 34.6. The van der Waals surface area contributed by atoms with E-state index in [2.05, 4.69) is 32.1 Å². The van der Waals surface area contributed by atoms with Gasteiger partial charge in [0.05, 0.1) is 30.3 Å². The third-order valence-corrected chi connectivity index (χ3v) is 9.05. The molecule has 0 spiro atoms. The molecule has 0 aromatic heterocycles. The summed E-state index contributed by atoms with van der Waals surface area (Å²) in [5.74, 6) is 1.04. The second-order valence-corrected chi connectivity index (χ2v) is 12.2. The third kappa shape index (κ3) is 6.47. The van der Waals surface area contributed by atoms with Crippen molar-refractivity contribution in [3.63, 3.8) is 0 Å². The highest BCUT2D eigenvalue weighted by molar-refractivity contribution is 5.77. The minimum Gasteiger partial charge on any atom is -0.465 e. The molecule has 3 aliphatic rings. The van der Waals surface area contributed by atoms with E-state index in [-0.39, 0.29) is 11.4 Å². The van der Waals surface area contributed by atoms with Gasteiger partial charge in [-0.05, 0) is 94.8 Å². The van der Waals surface area contributed by atoms with E-state index in [0.29, 0.717) is 43.6 Å². The molecular formula is C30H48O5. The molecule has 0 aromatic carbocycles. The molecule has 35 heavy (non-hydrogen) atoms. The Hall–Kier alpha value is -1.43. The van der Waals surface area contributed by atoms with Gasteiger partial charge in [-0.25, -0.2) is 0 Å². The number of allylic oxidation sites excluding steroid dienone is 4. The van der Waals surface area contributed by atoms with Gasteiger partial charge in [-0.1, -0.05) is 56.2 Å². The van der Waals surface area contributed by atoms with Crippen molar-refractivity contribution in [1.82, 2.24) is 0 Å². The van der Waals surface area contributed by atoms with Crippen LogP contribution >= 0.6 is 0 Å². The first-order valence-electron chi connectivity index (χ1n) is 13.8. The average Bonchev–Trinajstić information content (AvgIpc) is 3.16. The predicted molar refractivity (Wildman–Crippen MR) is 140 cm³/mol. The van der Waals surface area contributed by atoms with Crippen molar-refractivity contribution in [3.8, 4) is 0 Å². The van der Waals surface area contributed by atoms with Crippen LogP contribution in [0.15, 0.2) is 35.5 Å². The number of hydrogen-bond acceptors (Lipinski definition) is 5. The van der Waals surface area contributed by atoms with Crippen molar-refractivity contribution in [2.24, 2.45) is 28.6 Å². The van der Waals surface area contributed by atoms with E-state index in [1.807, 2.05) is 6.92 Å². The van der Waals surface area contributed by atoms with Crippen molar-refractivity contribution in [2.75, 3.05) is 6.61 Å². The first-order valence-corrected chi connectivity index (χ1v) is 13.8. The van der Waals surface area contributed by atoms with Crippen LogP contribution < -0.4 is 0 Å². The molecule has 7 atom stereocenters. The predicted octanol–water partition coefficient (Wildman–Crippen LogP) is 5.49. The monoisotopic (exact) mass is 488 g/mol. The van der Waals surface area contributed by atoms with Crippen molar-refractivity contribution < 1.29 is 24.9 Å². The van der Waals surface area contributed by atoms with Crippen LogP contribution in [0.1, 0.15) is 92.4 Å². The molecule has 0 saturated heterocycles. The largest absolute Gasteiger partial charge is 0.465 e. The van der Waals surface area contributed by atoms with Crippen LogP contribution in [0.5, 0.6) is 0 Å². The van der Waals surface area contributed by atoms with Gasteiger partial charge in [-0.2, -0.15) is 0 Å². The Balaban J connectivity index is 1.68. The maximum Gasteiger partial charge on any atom is 0.314 e. The molecule has 0 aliphatic heterocycles. The van der Waals surface area contributed by atoms with Crippen molar-refractivity contribution in [1.29, 1.82) is 0 Å². The second-order valence-electron chi connectivity index (χ2n) is 12.2. The zero-order valence-electron chi connectivity index (χ0n) is 22.5. The van der Waals surface area contributed by atoms with Gasteiger partial charge in [0.2, 0.25) is 0 Å². The summed E-state index contributed by atoms with van der Waals surface area (Å²) in [6.07, 6.45) is 15.1. The van der Waals surface area contributed by atoms with E-state index in [1.54, 1.807) is 19.9 Å². The molecule has 3 fully saturated rings. The summed E-state index contributed by atoms with van der Waals surface area (Å²) < 4.78 is 5.29. The van der Waals surface area contributed by atoms with Crippen molar-refractivity contribution in [2.45, 2.75) is 111 Å². The lowest BCUT2D eigenvalue weighted by Crippen LogP contribution is -2.38. The summed E-state index contributed by atoms with van der Waals surface area (Å²) in [7, 11) is 0. The summed E-state index contributed by atoms with van der Waals surface area (Å²) >= 11 is 0. The lowest BCUT2D eigenvalue weighted by molar-refractivity contribution is -0.158. The van der Waals surface area contributed by atoms with Gasteiger partial charge < -0.3 is 20.1 Å². The van der Waals surface area contributed by atoms with Gasteiger partial charge in [0, 0.05) is 0 Å². The Morgan fingerprint density at radius 2 is 1.86 bits per heavy atom. The van der Waals surface area contributed by atoms with Crippen LogP contribution in [0.2, 0.25) is 0 Å². The molecule has 3 N–H and O–H groups in total. The van der Waals surface area contributed by atoms with Crippen LogP contribution in [0.3, 0.4) is 0 Å². The number of esters is 1. The quantitative estimate of drug-likeness (QED) is 0.310. The molecule has 5 heteroatoms. The zero-order valence-corrected chi connectivity index (χ0v) is 22.5. The smallest absolute Gasteiger partial charge is 0.314 e. The summed E-state index contributed by atoms with van der Waals surface area (Å²) in [5, 5.41) is 30.8. The van der Waals surface area contributed by atoms with E-state index < -0.39 is 23.7 Å². The lowest BCUT2D eigenvalue weighted by atomic mass is 9.61. The maximum atomic E-state index is 12.4. The number of carbonyl (C=O) groups excluding carboxylic acids is 1. The average molecular weight is 489 g/mol. The minimum atomic E-state index is -0.970. The van der Waals surface area contributed by atoms with E-state index in [1.165, 1.54) is 24.8 Å². The number of ether oxygens (including phenoxy) is 1. The molecule has 0 amide bonds.